The summed E-state index contributed by atoms with van der Waals surface area (Å²) in [5, 5.41) is 2.31. The van der Waals surface area contributed by atoms with E-state index < -0.39 is 28.9 Å². The van der Waals surface area contributed by atoms with Gasteiger partial charge in [-0.25, -0.2) is 13.2 Å². The average molecular weight is 334 g/mol. The fourth-order valence-electron chi connectivity index (χ4n) is 2.67. The smallest absolute Gasteiger partial charge is 0.257 e. The molecular weight excluding hydrogens is 321 g/mol. The molecule has 1 aliphatic rings. The Morgan fingerprint density at radius 3 is 2.58 bits per heavy atom. The lowest BCUT2D eigenvalue weighted by Crippen LogP contribution is -2.37. The third-order valence-corrected chi connectivity index (χ3v) is 3.82. The summed E-state index contributed by atoms with van der Waals surface area (Å²) in [6.45, 7) is 0.133. The van der Waals surface area contributed by atoms with Crippen molar-refractivity contribution in [3.8, 4) is 0 Å². The second-order valence-corrected chi connectivity index (χ2v) is 5.32. The fourth-order valence-corrected chi connectivity index (χ4v) is 2.67. The van der Waals surface area contributed by atoms with Gasteiger partial charge in [0.15, 0.2) is 11.6 Å². The molecule has 3 rings (SSSR count). The molecule has 0 fully saturated rings. The van der Waals surface area contributed by atoms with Crippen LogP contribution in [0.15, 0.2) is 36.4 Å². The first-order valence-electron chi connectivity index (χ1n) is 7.29. The minimum Gasteiger partial charge on any atom is -0.350 e. The fraction of sp³-hybridized carbons (Fsp3) is 0.176. The number of halogens is 3. The summed E-state index contributed by atoms with van der Waals surface area (Å²) < 4.78 is 40.2. The molecule has 0 aromatic heterocycles. The quantitative estimate of drug-likeness (QED) is 0.873. The zero-order valence-corrected chi connectivity index (χ0v) is 12.5. The third-order valence-electron chi connectivity index (χ3n) is 3.82. The van der Waals surface area contributed by atoms with E-state index in [9.17, 15) is 22.8 Å². The van der Waals surface area contributed by atoms with Crippen LogP contribution in [0.25, 0.3) is 0 Å². The number of carbonyl (C=O) groups is 2. The first-order valence-corrected chi connectivity index (χ1v) is 7.29. The number of rotatable bonds is 4. The zero-order valence-electron chi connectivity index (χ0n) is 12.5. The molecule has 0 bridgehead atoms. The van der Waals surface area contributed by atoms with Crippen LogP contribution in [0.1, 0.15) is 15.9 Å². The van der Waals surface area contributed by atoms with Crippen molar-refractivity contribution in [3.63, 3.8) is 0 Å². The first-order chi connectivity index (χ1) is 11.5. The van der Waals surface area contributed by atoms with Gasteiger partial charge in [0.25, 0.3) is 5.91 Å². The Morgan fingerprint density at radius 1 is 1.08 bits per heavy atom. The van der Waals surface area contributed by atoms with Crippen LogP contribution in [0.3, 0.4) is 0 Å². The van der Waals surface area contributed by atoms with Gasteiger partial charge < -0.3 is 10.2 Å². The summed E-state index contributed by atoms with van der Waals surface area (Å²) in [5.74, 6) is -5.16. The average Bonchev–Trinajstić information content (AvgIpc) is 2.87. The predicted octanol–water partition coefficient (Wildman–Crippen LogP) is 2.42. The van der Waals surface area contributed by atoms with E-state index >= 15 is 0 Å². The van der Waals surface area contributed by atoms with Gasteiger partial charge in [0.2, 0.25) is 5.91 Å². The number of anilines is 1. The minimum atomic E-state index is -1.53. The van der Waals surface area contributed by atoms with Crippen molar-refractivity contribution in [2.24, 2.45) is 0 Å². The number of para-hydroxylation sites is 1. The Bertz CT molecular complexity index is 823. The molecule has 1 heterocycles. The second kappa shape index (κ2) is 6.35. The van der Waals surface area contributed by atoms with E-state index in [1.165, 1.54) is 4.90 Å². The summed E-state index contributed by atoms with van der Waals surface area (Å²) in [5.41, 5.74) is 0.666. The monoisotopic (exact) mass is 334 g/mol. The van der Waals surface area contributed by atoms with Crippen LogP contribution < -0.4 is 10.2 Å². The lowest BCUT2D eigenvalue weighted by molar-refractivity contribution is -0.117. The lowest BCUT2D eigenvalue weighted by atomic mass is 10.1. The Kier molecular flexibility index (Phi) is 4.24. The first kappa shape index (κ1) is 16.0. The van der Waals surface area contributed by atoms with Gasteiger partial charge in [-0.15, -0.1) is 0 Å². The van der Waals surface area contributed by atoms with Crippen molar-refractivity contribution in [3.05, 3.63) is 65.0 Å². The molecule has 0 saturated heterocycles. The van der Waals surface area contributed by atoms with Gasteiger partial charge in [-0.2, -0.15) is 0 Å². The van der Waals surface area contributed by atoms with Crippen LogP contribution in [0.5, 0.6) is 0 Å². The van der Waals surface area contributed by atoms with Gasteiger partial charge in [0, 0.05) is 18.8 Å². The summed E-state index contributed by atoms with van der Waals surface area (Å²) in [6.07, 6.45) is 0.275. The maximum absolute atomic E-state index is 13.6. The van der Waals surface area contributed by atoms with Gasteiger partial charge in [-0.3, -0.25) is 9.59 Å². The van der Waals surface area contributed by atoms with E-state index in [0.717, 1.165) is 11.3 Å². The molecule has 2 aromatic carbocycles. The van der Waals surface area contributed by atoms with E-state index in [0.29, 0.717) is 12.1 Å². The second-order valence-electron chi connectivity index (χ2n) is 5.32. The highest BCUT2D eigenvalue weighted by molar-refractivity contribution is 6.01. The molecule has 4 nitrogen and oxygen atoms in total. The topological polar surface area (TPSA) is 49.4 Å². The van der Waals surface area contributed by atoms with Crippen LogP contribution in [0.4, 0.5) is 18.9 Å². The Labute approximate surface area is 135 Å². The van der Waals surface area contributed by atoms with Gasteiger partial charge >= 0.3 is 0 Å². The highest BCUT2D eigenvalue weighted by atomic mass is 19.2. The number of hydrogen-bond acceptors (Lipinski definition) is 2. The zero-order chi connectivity index (χ0) is 17.3. The van der Waals surface area contributed by atoms with Gasteiger partial charge in [0.05, 0.1) is 6.42 Å². The summed E-state index contributed by atoms with van der Waals surface area (Å²) in [6, 6.07) is 8.54. The van der Waals surface area contributed by atoms with Crippen LogP contribution in [0, 0.1) is 17.5 Å². The van der Waals surface area contributed by atoms with Gasteiger partial charge in [-0.05, 0) is 23.8 Å². The van der Waals surface area contributed by atoms with Crippen molar-refractivity contribution in [2.75, 3.05) is 18.0 Å². The summed E-state index contributed by atoms with van der Waals surface area (Å²) in [7, 11) is 0. The van der Waals surface area contributed by atoms with Crippen LogP contribution in [-0.4, -0.2) is 24.9 Å². The lowest BCUT2D eigenvalue weighted by Gasteiger charge is -2.17. The Balaban J connectivity index is 1.66. The van der Waals surface area contributed by atoms with Crippen molar-refractivity contribution < 1.29 is 22.8 Å². The normalized spacial score (nSPS) is 13.1. The molecule has 1 aliphatic heterocycles. The molecule has 0 saturated carbocycles. The highest BCUT2D eigenvalue weighted by Crippen LogP contribution is 2.27. The number of benzene rings is 2. The molecule has 0 atom stereocenters. The molecule has 0 radical (unpaired) electrons. The molecule has 24 heavy (non-hydrogen) atoms. The SMILES string of the molecule is O=C(NCCN1C(=O)Cc2ccccc21)c1c(F)ccc(F)c1F. The minimum absolute atomic E-state index is 0.0195. The highest BCUT2D eigenvalue weighted by Gasteiger charge is 2.27. The number of hydrogen-bond donors (Lipinski definition) is 1. The maximum Gasteiger partial charge on any atom is 0.257 e. The van der Waals surface area contributed by atoms with Crippen molar-refractivity contribution >= 4 is 17.5 Å². The summed E-state index contributed by atoms with van der Waals surface area (Å²) in [4.78, 5) is 25.3. The predicted molar refractivity (Wildman–Crippen MR) is 81.1 cm³/mol. The largest absolute Gasteiger partial charge is 0.350 e. The molecule has 7 heteroatoms. The van der Waals surface area contributed by atoms with E-state index in [2.05, 4.69) is 5.32 Å². The van der Waals surface area contributed by atoms with E-state index in [4.69, 9.17) is 0 Å². The van der Waals surface area contributed by atoms with Gasteiger partial charge in [-0.1, -0.05) is 18.2 Å². The van der Waals surface area contributed by atoms with E-state index in [1.807, 2.05) is 12.1 Å². The standard InChI is InChI=1S/C17H13F3N2O2/c18-11-5-6-12(19)16(20)15(11)17(24)21-7-8-22-13-4-2-1-3-10(13)9-14(22)23/h1-6H,7-9H2,(H,21,24). The Morgan fingerprint density at radius 2 is 1.79 bits per heavy atom. The third kappa shape index (κ3) is 2.84. The number of amides is 2. The van der Waals surface area contributed by atoms with Crippen molar-refractivity contribution in [2.45, 2.75) is 6.42 Å². The molecular formula is C17H13F3N2O2. The molecule has 2 amide bonds. The number of carbonyl (C=O) groups excluding carboxylic acids is 2. The van der Waals surface area contributed by atoms with E-state index in [1.54, 1.807) is 12.1 Å². The molecule has 0 spiro atoms. The van der Waals surface area contributed by atoms with Crippen LogP contribution in [0.2, 0.25) is 0 Å². The number of fused-ring (bicyclic) bond motifs is 1. The maximum atomic E-state index is 13.6. The summed E-state index contributed by atoms with van der Waals surface area (Å²) >= 11 is 0. The van der Waals surface area contributed by atoms with E-state index in [-0.39, 0.29) is 25.4 Å². The molecule has 0 unspecified atom stereocenters. The molecule has 1 N–H and O–H groups in total. The van der Waals surface area contributed by atoms with Gasteiger partial charge in [0.1, 0.15) is 11.4 Å². The number of nitrogens with one attached hydrogen (secondary N) is 1. The van der Waals surface area contributed by atoms with Crippen molar-refractivity contribution in [1.29, 1.82) is 0 Å². The number of nitrogens with zero attached hydrogens (tertiary/aromatic N) is 1. The Hall–Kier alpha value is -2.83. The van der Waals surface area contributed by atoms with Crippen LogP contribution >= 0.6 is 0 Å². The molecule has 0 aliphatic carbocycles. The molecule has 2 aromatic rings. The van der Waals surface area contributed by atoms with Crippen LogP contribution in [-0.2, 0) is 11.2 Å². The van der Waals surface area contributed by atoms with Crippen molar-refractivity contribution in [1.82, 2.24) is 5.32 Å². The molecule has 124 valence electrons.